The molecule has 1 fully saturated rings. The molecule has 7 nitrogen and oxygen atoms in total. The molecule has 166 valence electrons. The molecule has 2 aromatic carbocycles. The summed E-state index contributed by atoms with van der Waals surface area (Å²) >= 11 is 0. The van der Waals surface area contributed by atoms with Crippen molar-refractivity contribution in [1.82, 2.24) is 15.1 Å². The summed E-state index contributed by atoms with van der Waals surface area (Å²) in [6.07, 6.45) is 1.11. The number of halogens is 2. The second kappa shape index (κ2) is 8.41. The fourth-order valence-corrected chi connectivity index (χ4v) is 4.05. The fraction of sp³-hybridized carbons (Fsp3) is 0.261. The van der Waals surface area contributed by atoms with E-state index in [0.717, 1.165) is 29.3 Å². The summed E-state index contributed by atoms with van der Waals surface area (Å²) in [6, 6.07) is 6.88. The fourth-order valence-electron chi connectivity index (χ4n) is 4.05. The van der Waals surface area contributed by atoms with Crippen LogP contribution in [0.15, 0.2) is 48.7 Å². The predicted octanol–water partition coefficient (Wildman–Crippen LogP) is 3.38. The number of hydrogen-bond acceptors (Lipinski definition) is 3. The van der Waals surface area contributed by atoms with Gasteiger partial charge in [-0.25, -0.2) is 13.6 Å². The van der Waals surface area contributed by atoms with Gasteiger partial charge in [0.25, 0.3) is 5.91 Å². The monoisotopic (exact) mass is 440 g/mol. The maximum absolute atomic E-state index is 13.4. The van der Waals surface area contributed by atoms with Gasteiger partial charge in [-0.05, 0) is 42.2 Å². The first-order chi connectivity index (χ1) is 15.2. The number of anilines is 1. The van der Waals surface area contributed by atoms with Gasteiger partial charge < -0.3 is 20.4 Å². The minimum Gasteiger partial charge on any atom is -0.329 e. The topological polar surface area (TPSA) is 81.8 Å². The van der Waals surface area contributed by atoms with Gasteiger partial charge in [0.05, 0.1) is 0 Å². The van der Waals surface area contributed by atoms with Crippen LogP contribution in [-0.2, 0) is 17.9 Å². The highest BCUT2D eigenvalue weighted by Crippen LogP contribution is 2.31. The highest BCUT2D eigenvalue weighted by Gasteiger charge is 2.38. The third-order valence-electron chi connectivity index (χ3n) is 5.66. The van der Waals surface area contributed by atoms with E-state index >= 15 is 0 Å². The van der Waals surface area contributed by atoms with Gasteiger partial charge in [-0.2, -0.15) is 0 Å². The molecular weight excluding hydrogens is 418 g/mol. The van der Waals surface area contributed by atoms with Crippen LogP contribution in [0.3, 0.4) is 0 Å². The van der Waals surface area contributed by atoms with Crippen molar-refractivity contribution in [3.8, 4) is 0 Å². The largest absolute Gasteiger partial charge is 0.329 e. The second-order valence-electron chi connectivity index (χ2n) is 7.97. The Labute approximate surface area is 183 Å². The summed E-state index contributed by atoms with van der Waals surface area (Å²) in [5.41, 5.74) is 2.65. The molecule has 1 unspecified atom stereocenters. The third-order valence-corrected chi connectivity index (χ3v) is 5.66. The molecule has 0 spiro atoms. The zero-order chi connectivity index (χ0) is 23.0. The van der Waals surface area contributed by atoms with Crippen LogP contribution in [0.5, 0.6) is 0 Å². The Morgan fingerprint density at radius 2 is 1.97 bits per heavy atom. The van der Waals surface area contributed by atoms with Gasteiger partial charge in [-0.15, -0.1) is 0 Å². The van der Waals surface area contributed by atoms with Crippen molar-refractivity contribution in [2.75, 3.05) is 12.4 Å². The lowest BCUT2D eigenvalue weighted by atomic mass is 10.0. The maximum Gasteiger partial charge on any atom is 0.321 e. The number of carbonyl (C=O) groups is 3. The molecule has 1 saturated heterocycles. The zero-order valence-electron chi connectivity index (χ0n) is 17.5. The molecule has 4 amide bonds. The van der Waals surface area contributed by atoms with Crippen LogP contribution in [0.1, 0.15) is 34.3 Å². The van der Waals surface area contributed by atoms with E-state index in [9.17, 15) is 23.2 Å². The number of fused-ring (bicyclic) bond motifs is 1. The van der Waals surface area contributed by atoms with E-state index in [4.69, 9.17) is 0 Å². The number of allylic oxidation sites excluding steroid dienone is 1. The first-order valence-electron chi connectivity index (χ1n) is 10.1. The van der Waals surface area contributed by atoms with E-state index in [1.54, 1.807) is 24.1 Å². The molecule has 0 aromatic heterocycles. The van der Waals surface area contributed by atoms with Crippen LogP contribution in [0.4, 0.5) is 19.3 Å². The van der Waals surface area contributed by atoms with Gasteiger partial charge in [0, 0.05) is 43.2 Å². The standard InChI is InChI=1S/C23H22F2N4O3/c1-13-6-7-20(21(30)26-13)29-12-19-14(4-3-5-18(19)22(29)31)11-28(2)23(32)27-17-9-15(24)8-16(25)10-17/h3-5,8-10,20H,1,6-7,11-12H2,2H3,(H,26,30)(H,27,32). The molecule has 9 heteroatoms. The first kappa shape index (κ1) is 21.5. The molecule has 2 aliphatic rings. The Hall–Kier alpha value is -3.75. The smallest absolute Gasteiger partial charge is 0.321 e. The molecule has 2 aliphatic heterocycles. The minimum atomic E-state index is -0.794. The molecule has 0 radical (unpaired) electrons. The van der Waals surface area contributed by atoms with Crippen LogP contribution in [0.2, 0.25) is 0 Å². The predicted molar refractivity (Wildman–Crippen MR) is 113 cm³/mol. The summed E-state index contributed by atoms with van der Waals surface area (Å²) in [6.45, 7) is 4.20. The van der Waals surface area contributed by atoms with Crippen LogP contribution >= 0.6 is 0 Å². The summed E-state index contributed by atoms with van der Waals surface area (Å²) in [5.74, 6) is -2.06. The number of nitrogens with one attached hydrogen (secondary N) is 2. The Bertz CT molecular complexity index is 1110. The van der Waals surface area contributed by atoms with Gasteiger partial charge in [-0.3, -0.25) is 9.59 Å². The number of nitrogens with zero attached hydrogens (tertiary/aromatic N) is 2. The summed E-state index contributed by atoms with van der Waals surface area (Å²) < 4.78 is 26.8. The van der Waals surface area contributed by atoms with E-state index in [-0.39, 0.29) is 30.6 Å². The number of hydrogen-bond donors (Lipinski definition) is 2. The number of amides is 4. The molecule has 1 atom stereocenters. The number of rotatable bonds is 4. The first-order valence-corrected chi connectivity index (χ1v) is 10.1. The molecule has 4 rings (SSSR count). The molecule has 0 bridgehead atoms. The average Bonchev–Trinajstić information content (AvgIpc) is 3.05. The normalized spacial score (nSPS) is 17.8. The Morgan fingerprint density at radius 1 is 1.25 bits per heavy atom. The van der Waals surface area contributed by atoms with Crippen LogP contribution in [-0.4, -0.2) is 40.7 Å². The lowest BCUT2D eigenvalue weighted by Gasteiger charge is -2.31. The van der Waals surface area contributed by atoms with Gasteiger partial charge in [0.15, 0.2) is 0 Å². The van der Waals surface area contributed by atoms with Gasteiger partial charge in [0.1, 0.15) is 17.7 Å². The number of carbonyl (C=O) groups excluding carboxylic acids is 3. The summed E-state index contributed by atoms with van der Waals surface area (Å²) in [5, 5.41) is 5.16. The van der Waals surface area contributed by atoms with Crippen molar-refractivity contribution < 1.29 is 23.2 Å². The summed E-state index contributed by atoms with van der Waals surface area (Å²) in [7, 11) is 1.54. The van der Waals surface area contributed by atoms with E-state index in [1.807, 2.05) is 6.07 Å². The van der Waals surface area contributed by atoms with Gasteiger partial charge >= 0.3 is 6.03 Å². The molecule has 2 heterocycles. The molecule has 2 aromatic rings. The highest BCUT2D eigenvalue weighted by atomic mass is 19.1. The minimum absolute atomic E-state index is 0.00360. The van der Waals surface area contributed by atoms with E-state index in [2.05, 4.69) is 17.2 Å². The van der Waals surface area contributed by atoms with Crippen LogP contribution in [0, 0.1) is 11.6 Å². The van der Waals surface area contributed by atoms with Crippen LogP contribution < -0.4 is 10.6 Å². The van der Waals surface area contributed by atoms with E-state index in [1.165, 1.54) is 4.90 Å². The van der Waals surface area contributed by atoms with Crippen molar-refractivity contribution in [1.29, 1.82) is 0 Å². The molecule has 32 heavy (non-hydrogen) atoms. The van der Waals surface area contributed by atoms with Crippen molar-refractivity contribution in [3.05, 3.63) is 77.0 Å². The number of benzene rings is 2. The SMILES string of the molecule is C=C1CCC(N2Cc3c(CN(C)C(=O)Nc4cc(F)cc(F)c4)cccc3C2=O)C(=O)N1. The lowest BCUT2D eigenvalue weighted by molar-refractivity contribution is -0.126. The quantitative estimate of drug-likeness (QED) is 0.765. The molecule has 0 aliphatic carbocycles. The second-order valence-corrected chi connectivity index (χ2v) is 7.97. The number of piperidine rings is 1. The Balaban J connectivity index is 1.49. The average molecular weight is 440 g/mol. The lowest BCUT2D eigenvalue weighted by Crippen LogP contribution is -2.49. The van der Waals surface area contributed by atoms with Gasteiger partial charge in [-0.1, -0.05) is 18.7 Å². The van der Waals surface area contributed by atoms with Crippen molar-refractivity contribution in [2.45, 2.75) is 32.0 Å². The maximum atomic E-state index is 13.4. The highest BCUT2D eigenvalue weighted by molar-refractivity contribution is 6.01. The van der Waals surface area contributed by atoms with E-state index in [0.29, 0.717) is 24.1 Å². The molecule has 0 saturated carbocycles. The van der Waals surface area contributed by atoms with Crippen molar-refractivity contribution in [3.63, 3.8) is 0 Å². The molecule has 2 N–H and O–H groups in total. The van der Waals surface area contributed by atoms with Gasteiger partial charge in [0.2, 0.25) is 5.91 Å². The Morgan fingerprint density at radius 3 is 2.66 bits per heavy atom. The zero-order valence-corrected chi connectivity index (χ0v) is 17.5. The summed E-state index contributed by atoms with van der Waals surface area (Å²) in [4.78, 5) is 40.8. The third kappa shape index (κ3) is 4.18. The van der Waals surface area contributed by atoms with E-state index < -0.39 is 23.7 Å². The molecular formula is C23H22F2N4O3. The number of urea groups is 1. The van der Waals surface area contributed by atoms with Crippen molar-refractivity contribution in [2.24, 2.45) is 0 Å². The Kier molecular flexibility index (Phi) is 5.65. The van der Waals surface area contributed by atoms with Crippen molar-refractivity contribution >= 4 is 23.5 Å². The van der Waals surface area contributed by atoms with Crippen LogP contribution in [0.25, 0.3) is 0 Å².